The lowest BCUT2D eigenvalue weighted by Gasteiger charge is -2.43. The lowest BCUT2D eigenvalue weighted by atomic mass is 9.86. The summed E-state index contributed by atoms with van der Waals surface area (Å²) in [6.07, 6.45) is 7.85. The van der Waals surface area contributed by atoms with Crippen LogP contribution in [0.2, 0.25) is 0 Å². The van der Waals surface area contributed by atoms with Crippen LogP contribution in [0.25, 0.3) is 11.1 Å². The summed E-state index contributed by atoms with van der Waals surface area (Å²) >= 11 is 0. The second-order valence-electron chi connectivity index (χ2n) is 10.3. The Balaban J connectivity index is 1.49. The summed E-state index contributed by atoms with van der Waals surface area (Å²) in [6, 6.07) is 11.0. The second-order valence-corrected chi connectivity index (χ2v) is 10.3. The number of amides is 2. The molecule has 1 heterocycles. The van der Waals surface area contributed by atoms with E-state index in [2.05, 4.69) is 0 Å². The molecule has 1 saturated carbocycles. The number of carbonyl (C=O) groups excluding carboxylic acids is 2. The van der Waals surface area contributed by atoms with E-state index in [9.17, 15) is 9.59 Å². The Morgan fingerprint density at radius 2 is 1.46 bits per heavy atom. The topological polar surface area (TPSA) is 68.3 Å². The molecule has 0 spiro atoms. The zero-order valence-electron chi connectivity index (χ0n) is 22.8. The summed E-state index contributed by atoms with van der Waals surface area (Å²) in [6.45, 7) is 2.53. The van der Waals surface area contributed by atoms with Crippen molar-refractivity contribution in [1.29, 1.82) is 0 Å². The van der Waals surface area contributed by atoms with E-state index in [1.54, 1.807) is 33.3 Å². The van der Waals surface area contributed by atoms with Gasteiger partial charge in [-0.25, -0.2) is 0 Å². The van der Waals surface area contributed by atoms with E-state index in [0.29, 0.717) is 36.1 Å². The van der Waals surface area contributed by atoms with E-state index in [0.717, 1.165) is 23.1 Å². The largest absolute Gasteiger partial charge is 0.493 e. The van der Waals surface area contributed by atoms with E-state index in [1.807, 2.05) is 48.2 Å². The lowest BCUT2D eigenvalue weighted by molar-refractivity contribution is -0.159. The minimum Gasteiger partial charge on any atom is -0.493 e. The van der Waals surface area contributed by atoms with Gasteiger partial charge in [-0.05, 0) is 48.1 Å². The molecule has 2 amide bonds. The molecule has 1 saturated heterocycles. The predicted octanol–water partition coefficient (Wildman–Crippen LogP) is 4.95. The average molecular weight is 509 g/mol. The number of hydrogen-bond donors (Lipinski definition) is 0. The van der Waals surface area contributed by atoms with Gasteiger partial charge in [0.2, 0.25) is 17.6 Å². The molecule has 0 bridgehead atoms. The second kappa shape index (κ2) is 11.9. The summed E-state index contributed by atoms with van der Waals surface area (Å²) in [4.78, 5) is 30.1. The third kappa shape index (κ3) is 5.71. The summed E-state index contributed by atoms with van der Waals surface area (Å²) in [5.41, 5.74) is 2.94. The molecule has 2 atom stereocenters. The van der Waals surface area contributed by atoms with Gasteiger partial charge in [0, 0.05) is 20.0 Å². The molecule has 0 radical (unpaired) electrons. The first-order chi connectivity index (χ1) is 17.9. The molecule has 1 aliphatic heterocycles. The molecule has 7 nitrogen and oxygen atoms in total. The van der Waals surface area contributed by atoms with Crippen LogP contribution in [0.4, 0.5) is 0 Å². The third-order valence-corrected chi connectivity index (χ3v) is 8.09. The maximum Gasteiger partial charge on any atom is 0.246 e. The maximum atomic E-state index is 13.6. The standard InChI is InChI=1S/C30H40N2O5/c1-20-29(33)31(2)25(30(34)32(20)16-15-21-9-7-6-8-10-21)17-22-11-13-23(14-12-22)24-18-26(35-3)28(37-5)27(19-24)36-4/h11-14,18-21,25H,6-10,15-17H2,1-5H3. The van der Waals surface area contributed by atoms with Gasteiger partial charge in [-0.3, -0.25) is 9.59 Å². The molecule has 2 aromatic rings. The summed E-state index contributed by atoms with van der Waals surface area (Å²) < 4.78 is 16.4. The van der Waals surface area contributed by atoms with Crippen molar-refractivity contribution in [2.75, 3.05) is 34.9 Å². The van der Waals surface area contributed by atoms with Crippen molar-refractivity contribution < 1.29 is 23.8 Å². The number of methoxy groups -OCH3 is 3. The molecule has 0 aromatic heterocycles. The van der Waals surface area contributed by atoms with Crippen molar-refractivity contribution in [2.24, 2.45) is 5.92 Å². The van der Waals surface area contributed by atoms with E-state index in [4.69, 9.17) is 14.2 Å². The Hall–Kier alpha value is -3.22. The number of hydrogen-bond acceptors (Lipinski definition) is 5. The van der Waals surface area contributed by atoms with Crippen LogP contribution in [-0.2, 0) is 16.0 Å². The van der Waals surface area contributed by atoms with E-state index >= 15 is 0 Å². The Kier molecular flexibility index (Phi) is 8.62. The molecule has 2 aromatic carbocycles. The minimum atomic E-state index is -0.484. The Labute approximate surface area is 220 Å². The number of nitrogens with zero attached hydrogens (tertiary/aromatic N) is 2. The van der Waals surface area contributed by atoms with Gasteiger partial charge >= 0.3 is 0 Å². The first-order valence-corrected chi connectivity index (χ1v) is 13.3. The van der Waals surface area contributed by atoms with E-state index in [1.165, 1.54) is 32.1 Å². The van der Waals surface area contributed by atoms with Gasteiger partial charge in [-0.15, -0.1) is 0 Å². The highest BCUT2D eigenvalue weighted by Crippen LogP contribution is 2.41. The van der Waals surface area contributed by atoms with Gasteiger partial charge in [0.1, 0.15) is 12.1 Å². The monoisotopic (exact) mass is 508 g/mol. The molecule has 1 aliphatic carbocycles. The fourth-order valence-corrected chi connectivity index (χ4v) is 5.76. The van der Waals surface area contributed by atoms with Crippen LogP contribution in [0.3, 0.4) is 0 Å². The van der Waals surface area contributed by atoms with Gasteiger partial charge in [0.15, 0.2) is 11.5 Å². The quantitative estimate of drug-likeness (QED) is 0.479. The van der Waals surface area contributed by atoms with Crippen LogP contribution in [0.15, 0.2) is 36.4 Å². The van der Waals surface area contributed by atoms with Crippen LogP contribution in [0, 0.1) is 5.92 Å². The molecule has 2 unspecified atom stereocenters. The average Bonchev–Trinajstić information content (AvgIpc) is 2.94. The number of ether oxygens (including phenoxy) is 3. The fraction of sp³-hybridized carbons (Fsp3) is 0.533. The van der Waals surface area contributed by atoms with Crippen molar-refractivity contribution in [3.63, 3.8) is 0 Å². The first kappa shape index (κ1) is 26.8. The zero-order valence-corrected chi connectivity index (χ0v) is 22.8. The molecule has 37 heavy (non-hydrogen) atoms. The summed E-state index contributed by atoms with van der Waals surface area (Å²) in [5, 5.41) is 0. The van der Waals surface area contributed by atoms with Crippen molar-refractivity contribution >= 4 is 11.8 Å². The highest BCUT2D eigenvalue weighted by molar-refractivity contribution is 5.96. The zero-order chi connectivity index (χ0) is 26.5. The third-order valence-electron chi connectivity index (χ3n) is 8.09. The van der Waals surface area contributed by atoms with Crippen LogP contribution >= 0.6 is 0 Å². The van der Waals surface area contributed by atoms with Gasteiger partial charge < -0.3 is 24.0 Å². The predicted molar refractivity (Wildman–Crippen MR) is 144 cm³/mol. The van der Waals surface area contributed by atoms with E-state index < -0.39 is 12.1 Å². The number of carbonyl (C=O) groups is 2. The van der Waals surface area contributed by atoms with Gasteiger partial charge in [0.25, 0.3) is 0 Å². The van der Waals surface area contributed by atoms with Crippen molar-refractivity contribution in [1.82, 2.24) is 9.80 Å². The number of rotatable bonds is 9. The van der Waals surface area contributed by atoms with Crippen molar-refractivity contribution in [2.45, 2.75) is 64.0 Å². The molecule has 2 aliphatic rings. The minimum absolute atomic E-state index is 0.0160. The molecule has 0 N–H and O–H groups in total. The molecule has 7 heteroatoms. The molecule has 2 fully saturated rings. The Bertz CT molecular complexity index is 1070. The normalized spacial score (nSPS) is 20.8. The van der Waals surface area contributed by atoms with E-state index in [-0.39, 0.29) is 11.8 Å². The molecular weight excluding hydrogens is 468 g/mol. The highest BCUT2D eigenvalue weighted by atomic mass is 16.5. The molecule has 200 valence electrons. The Morgan fingerprint density at radius 1 is 0.838 bits per heavy atom. The summed E-state index contributed by atoms with van der Waals surface area (Å²) in [5.74, 6) is 2.48. The number of benzene rings is 2. The summed E-state index contributed by atoms with van der Waals surface area (Å²) in [7, 11) is 6.54. The fourth-order valence-electron chi connectivity index (χ4n) is 5.76. The van der Waals surface area contributed by atoms with Crippen LogP contribution < -0.4 is 14.2 Å². The smallest absolute Gasteiger partial charge is 0.246 e. The van der Waals surface area contributed by atoms with Crippen LogP contribution in [0.5, 0.6) is 17.2 Å². The first-order valence-electron chi connectivity index (χ1n) is 13.3. The molecular formula is C30H40N2O5. The van der Waals surface area contributed by atoms with Crippen molar-refractivity contribution in [3.05, 3.63) is 42.0 Å². The van der Waals surface area contributed by atoms with Crippen LogP contribution in [-0.4, -0.2) is 68.6 Å². The van der Waals surface area contributed by atoms with Gasteiger partial charge in [-0.2, -0.15) is 0 Å². The van der Waals surface area contributed by atoms with Gasteiger partial charge in [0.05, 0.1) is 21.3 Å². The maximum absolute atomic E-state index is 13.6. The highest BCUT2D eigenvalue weighted by Gasteiger charge is 2.42. The lowest BCUT2D eigenvalue weighted by Crippen LogP contribution is -2.63. The number of piperazine rings is 1. The Morgan fingerprint density at radius 3 is 2.03 bits per heavy atom. The van der Waals surface area contributed by atoms with Gasteiger partial charge in [-0.1, -0.05) is 56.4 Å². The molecule has 4 rings (SSSR count). The SMILES string of the molecule is COc1cc(-c2ccc(CC3C(=O)N(CCC4CCCCC4)C(C)C(=O)N3C)cc2)cc(OC)c1OC. The number of likely N-dealkylation sites (N-methyl/N-ethyl adjacent to an activating group) is 1. The van der Waals surface area contributed by atoms with Crippen molar-refractivity contribution in [3.8, 4) is 28.4 Å². The van der Waals surface area contributed by atoms with Crippen LogP contribution in [0.1, 0.15) is 51.0 Å².